The highest BCUT2D eigenvalue weighted by molar-refractivity contribution is 5.19. The Morgan fingerprint density at radius 2 is 1.50 bits per heavy atom. The van der Waals surface area contributed by atoms with Crippen LogP contribution in [0, 0.1) is 17.5 Å². The first kappa shape index (κ1) is 12.8. The number of halogens is 6. The summed E-state index contributed by atoms with van der Waals surface area (Å²) in [5, 5.41) is 1.88. The van der Waals surface area contributed by atoms with Gasteiger partial charge in [-0.1, -0.05) is 0 Å². The van der Waals surface area contributed by atoms with Crippen molar-refractivity contribution in [2.45, 2.75) is 12.7 Å². The minimum Gasteiger partial charge on any atom is -0.304 e. The molecule has 0 heterocycles. The van der Waals surface area contributed by atoms with E-state index in [-0.39, 0.29) is 5.56 Å². The van der Waals surface area contributed by atoms with E-state index in [9.17, 15) is 26.3 Å². The Kier molecular flexibility index (Phi) is 3.79. The number of benzene rings is 1. The molecule has 0 spiro atoms. The maximum atomic E-state index is 12.9. The molecule has 0 aliphatic rings. The second-order valence-electron chi connectivity index (χ2n) is 3.08. The lowest BCUT2D eigenvalue weighted by atomic mass is 10.2. The summed E-state index contributed by atoms with van der Waals surface area (Å²) in [5.74, 6) is -3.77. The molecule has 0 saturated heterocycles. The van der Waals surface area contributed by atoms with Crippen LogP contribution in [0.3, 0.4) is 0 Å². The van der Waals surface area contributed by atoms with Gasteiger partial charge in [0.25, 0.3) is 0 Å². The molecular weight excluding hydrogens is 236 g/mol. The first-order valence-electron chi connectivity index (χ1n) is 4.20. The molecule has 1 N–H and O–H groups in total. The van der Waals surface area contributed by atoms with E-state index >= 15 is 0 Å². The molecule has 1 aromatic carbocycles. The molecule has 0 saturated carbocycles. The van der Waals surface area contributed by atoms with Crippen molar-refractivity contribution in [3.05, 3.63) is 35.1 Å². The average Bonchev–Trinajstić information content (AvgIpc) is 2.11. The van der Waals surface area contributed by atoms with Crippen LogP contribution in [0.5, 0.6) is 0 Å². The second-order valence-corrected chi connectivity index (χ2v) is 3.08. The van der Waals surface area contributed by atoms with E-state index in [0.717, 1.165) is 0 Å². The topological polar surface area (TPSA) is 12.0 Å². The van der Waals surface area contributed by atoms with E-state index in [2.05, 4.69) is 0 Å². The highest BCUT2D eigenvalue weighted by Crippen LogP contribution is 2.15. The van der Waals surface area contributed by atoms with Crippen LogP contribution in [0.4, 0.5) is 26.3 Å². The zero-order valence-electron chi connectivity index (χ0n) is 7.84. The fourth-order valence-corrected chi connectivity index (χ4v) is 1.04. The molecular formula is C9H7F6N. The van der Waals surface area contributed by atoms with Crippen molar-refractivity contribution >= 4 is 0 Å². The van der Waals surface area contributed by atoms with Crippen molar-refractivity contribution in [2.24, 2.45) is 0 Å². The van der Waals surface area contributed by atoms with Gasteiger partial charge in [-0.3, -0.25) is 0 Å². The van der Waals surface area contributed by atoms with Crippen LogP contribution in [0.1, 0.15) is 5.56 Å². The molecule has 0 amide bonds. The van der Waals surface area contributed by atoms with Gasteiger partial charge in [-0.15, -0.1) is 0 Å². The lowest BCUT2D eigenvalue weighted by Gasteiger charge is -2.09. The van der Waals surface area contributed by atoms with Crippen LogP contribution in [0.2, 0.25) is 0 Å². The van der Waals surface area contributed by atoms with Gasteiger partial charge in [0.1, 0.15) is 5.82 Å². The van der Waals surface area contributed by atoms with E-state index in [4.69, 9.17) is 0 Å². The molecule has 1 rings (SSSR count). The number of nitrogens with one attached hydrogen (secondary N) is 1. The van der Waals surface area contributed by atoms with E-state index < -0.39 is 36.7 Å². The Balaban J connectivity index is 2.64. The van der Waals surface area contributed by atoms with Gasteiger partial charge in [0.05, 0.1) is 6.54 Å². The number of hydrogen-bond donors (Lipinski definition) is 1. The molecule has 0 radical (unpaired) electrons. The summed E-state index contributed by atoms with van der Waals surface area (Å²) < 4.78 is 73.1. The Bertz CT molecular complexity index is 373. The molecule has 0 bridgehead atoms. The largest absolute Gasteiger partial charge is 0.401 e. The highest BCUT2D eigenvalue weighted by Gasteiger charge is 2.26. The molecule has 16 heavy (non-hydrogen) atoms. The van der Waals surface area contributed by atoms with Crippen molar-refractivity contribution in [3.8, 4) is 0 Å². The second kappa shape index (κ2) is 4.73. The molecule has 0 aliphatic heterocycles. The van der Waals surface area contributed by atoms with Crippen LogP contribution >= 0.6 is 0 Å². The van der Waals surface area contributed by atoms with Gasteiger partial charge in [-0.25, -0.2) is 13.2 Å². The summed E-state index contributed by atoms with van der Waals surface area (Å²) in [6.07, 6.45) is -4.44. The molecule has 7 heteroatoms. The third kappa shape index (κ3) is 3.73. The first-order chi connectivity index (χ1) is 7.29. The predicted octanol–water partition coefficient (Wildman–Crippen LogP) is 2.76. The number of hydrogen-bond acceptors (Lipinski definition) is 1. The van der Waals surface area contributed by atoms with Gasteiger partial charge < -0.3 is 5.32 Å². The Hall–Kier alpha value is -1.24. The van der Waals surface area contributed by atoms with Crippen molar-refractivity contribution in [3.63, 3.8) is 0 Å². The maximum absolute atomic E-state index is 12.9. The highest BCUT2D eigenvalue weighted by atomic mass is 19.4. The van der Waals surface area contributed by atoms with Crippen LogP contribution < -0.4 is 5.32 Å². The summed E-state index contributed by atoms with van der Waals surface area (Å²) in [6, 6.07) is 0.813. The molecule has 0 fully saturated rings. The quantitative estimate of drug-likeness (QED) is 0.635. The minimum absolute atomic E-state index is 0.292. The van der Waals surface area contributed by atoms with E-state index in [1.807, 2.05) is 5.32 Å². The fraction of sp³-hybridized carbons (Fsp3) is 0.333. The summed E-state index contributed by atoms with van der Waals surface area (Å²) >= 11 is 0. The number of alkyl halides is 3. The van der Waals surface area contributed by atoms with E-state index in [0.29, 0.717) is 12.1 Å². The molecule has 1 nitrogen and oxygen atoms in total. The number of rotatable bonds is 3. The van der Waals surface area contributed by atoms with Gasteiger partial charge in [-0.05, 0) is 6.07 Å². The molecule has 0 atom stereocenters. The third-order valence-electron chi connectivity index (χ3n) is 1.73. The van der Waals surface area contributed by atoms with Gasteiger partial charge in [-0.2, -0.15) is 13.2 Å². The lowest BCUT2D eigenvalue weighted by Crippen LogP contribution is -2.28. The average molecular weight is 243 g/mol. The van der Waals surface area contributed by atoms with Crippen LogP contribution in [0.15, 0.2) is 12.1 Å². The zero-order chi connectivity index (χ0) is 12.3. The molecule has 1 aromatic rings. The lowest BCUT2D eigenvalue weighted by molar-refractivity contribution is -0.125. The molecule has 0 aliphatic carbocycles. The van der Waals surface area contributed by atoms with E-state index in [1.165, 1.54) is 0 Å². The van der Waals surface area contributed by atoms with Gasteiger partial charge in [0.15, 0.2) is 11.6 Å². The Morgan fingerprint density at radius 1 is 0.938 bits per heavy atom. The predicted molar refractivity (Wildman–Crippen MR) is 44.1 cm³/mol. The van der Waals surface area contributed by atoms with Crippen LogP contribution in [0.25, 0.3) is 0 Å². The normalized spacial score (nSPS) is 11.9. The third-order valence-corrected chi connectivity index (χ3v) is 1.73. The Labute approximate surface area is 87.1 Å². The Morgan fingerprint density at radius 3 is 2.06 bits per heavy atom. The van der Waals surface area contributed by atoms with Crippen molar-refractivity contribution in [1.29, 1.82) is 0 Å². The van der Waals surface area contributed by atoms with Gasteiger partial charge in [0, 0.05) is 18.2 Å². The van der Waals surface area contributed by atoms with Crippen molar-refractivity contribution in [1.82, 2.24) is 5.32 Å². The van der Waals surface area contributed by atoms with Crippen LogP contribution in [-0.4, -0.2) is 12.7 Å². The standard InChI is InChI=1S/C9H7F6N/c10-6-2-8(12)7(11)1-5(6)3-16-4-9(13,14)15/h1-2,16H,3-4H2. The smallest absolute Gasteiger partial charge is 0.304 e. The minimum atomic E-state index is -4.44. The monoisotopic (exact) mass is 243 g/mol. The SMILES string of the molecule is Fc1cc(F)c(CNCC(F)(F)F)cc1F. The van der Waals surface area contributed by atoms with Gasteiger partial charge >= 0.3 is 6.18 Å². The van der Waals surface area contributed by atoms with Crippen LogP contribution in [-0.2, 0) is 6.54 Å². The van der Waals surface area contributed by atoms with E-state index in [1.54, 1.807) is 0 Å². The molecule has 0 aromatic heterocycles. The first-order valence-corrected chi connectivity index (χ1v) is 4.20. The summed E-state index contributed by atoms with van der Waals surface area (Å²) in [5.41, 5.74) is -0.358. The molecule has 90 valence electrons. The van der Waals surface area contributed by atoms with Crippen molar-refractivity contribution < 1.29 is 26.3 Å². The van der Waals surface area contributed by atoms with Gasteiger partial charge in [0.2, 0.25) is 0 Å². The summed E-state index contributed by atoms with van der Waals surface area (Å²) in [7, 11) is 0. The summed E-state index contributed by atoms with van der Waals surface area (Å²) in [4.78, 5) is 0. The summed E-state index contributed by atoms with van der Waals surface area (Å²) in [6.45, 7) is -1.85. The zero-order valence-corrected chi connectivity index (χ0v) is 7.84. The molecule has 0 unspecified atom stereocenters. The maximum Gasteiger partial charge on any atom is 0.401 e. The fourth-order valence-electron chi connectivity index (χ4n) is 1.04. The van der Waals surface area contributed by atoms with Crippen molar-refractivity contribution in [2.75, 3.05) is 6.54 Å².